The first-order valence-electron chi connectivity index (χ1n) is 6.92. The summed E-state index contributed by atoms with van der Waals surface area (Å²) in [5.41, 5.74) is 0.906. The Morgan fingerprint density at radius 2 is 2.36 bits per heavy atom. The predicted octanol–water partition coefficient (Wildman–Crippen LogP) is 2.09. The minimum Gasteiger partial charge on any atom is -0.468 e. The van der Waals surface area contributed by atoms with Crippen LogP contribution in [0.3, 0.4) is 0 Å². The van der Waals surface area contributed by atoms with E-state index in [1.54, 1.807) is 16.0 Å². The molecule has 0 aliphatic carbocycles. The number of ether oxygens (including phenoxy) is 2. The molecule has 22 heavy (non-hydrogen) atoms. The van der Waals surface area contributed by atoms with E-state index >= 15 is 0 Å². The number of carbonyl (C=O) groups is 1. The minimum atomic E-state index is -0.458. The zero-order chi connectivity index (χ0) is 15.4. The Bertz CT molecular complexity index is 611. The van der Waals surface area contributed by atoms with E-state index in [0.29, 0.717) is 18.4 Å². The average Bonchev–Trinajstić information content (AvgIpc) is 3.24. The van der Waals surface area contributed by atoms with E-state index in [2.05, 4.69) is 15.5 Å². The Labute approximate surface area is 136 Å². The Balaban J connectivity index is 1.81. The number of aromatic nitrogens is 4. The monoisotopic (exact) mass is 340 g/mol. The molecule has 0 spiro atoms. The van der Waals surface area contributed by atoms with Gasteiger partial charge in [0.25, 0.3) is 0 Å². The average molecular weight is 340 g/mol. The summed E-state index contributed by atoms with van der Waals surface area (Å²) in [7, 11) is 1.39. The molecular weight excluding hydrogens is 324 g/mol. The lowest BCUT2D eigenvalue weighted by Crippen LogP contribution is -2.21. The van der Waals surface area contributed by atoms with Crippen molar-refractivity contribution in [3.05, 3.63) is 22.4 Å². The molecule has 7 nitrogen and oxygen atoms in total. The smallest absolute Gasteiger partial charge is 0.323 e. The van der Waals surface area contributed by atoms with Crippen molar-refractivity contribution in [2.24, 2.45) is 0 Å². The van der Waals surface area contributed by atoms with Crippen molar-refractivity contribution in [3.63, 3.8) is 0 Å². The third-order valence-corrected chi connectivity index (χ3v) is 5.37. The molecule has 0 saturated carbocycles. The number of nitrogens with zero attached hydrogens (tertiary/aromatic N) is 4. The van der Waals surface area contributed by atoms with E-state index in [1.165, 1.54) is 18.9 Å². The lowest BCUT2D eigenvalue weighted by Gasteiger charge is -2.23. The molecule has 1 aliphatic rings. The van der Waals surface area contributed by atoms with Crippen molar-refractivity contribution < 1.29 is 14.3 Å². The molecule has 1 aliphatic heterocycles. The van der Waals surface area contributed by atoms with Gasteiger partial charge in [-0.05, 0) is 45.7 Å². The molecule has 3 heterocycles. The molecule has 118 valence electrons. The topological polar surface area (TPSA) is 79.1 Å². The van der Waals surface area contributed by atoms with Gasteiger partial charge in [0.2, 0.25) is 5.16 Å². The summed E-state index contributed by atoms with van der Waals surface area (Å²) in [6.07, 6.45) is 1.75. The third kappa shape index (κ3) is 3.31. The lowest BCUT2D eigenvalue weighted by atomic mass is 10.1. The van der Waals surface area contributed by atoms with Gasteiger partial charge in [-0.2, -0.15) is 11.3 Å². The highest BCUT2D eigenvalue weighted by Gasteiger charge is 2.28. The Morgan fingerprint density at radius 3 is 3.05 bits per heavy atom. The SMILES string of the molecule is COC(=O)C(Sc1nnnn1C1CCOCC1)c1ccsc1. The third-order valence-electron chi connectivity index (χ3n) is 3.48. The maximum atomic E-state index is 12.1. The van der Waals surface area contributed by atoms with Crippen LogP contribution in [-0.4, -0.2) is 46.5 Å². The quantitative estimate of drug-likeness (QED) is 0.609. The number of hydrogen-bond acceptors (Lipinski definition) is 8. The van der Waals surface area contributed by atoms with Gasteiger partial charge in [0.1, 0.15) is 5.25 Å². The summed E-state index contributed by atoms with van der Waals surface area (Å²) < 4.78 is 12.1. The van der Waals surface area contributed by atoms with Crippen LogP contribution in [0.2, 0.25) is 0 Å². The maximum absolute atomic E-state index is 12.1. The second kappa shape index (κ2) is 7.21. The molecule has 0 amide bonds. The summed E-state index contributed by atoms with van der Waals surface area (Å²) >= 11 is 2.87. The van der Waals surface area contributed by atoms with Gasteiger partial charge in [0, 0.05) is 13.2 Å². The molecule has 1 atom stereocenters. The molecule has 9 heteroatoms. The summed E-state index contributed by atoms with van der Waals surface area (Å²) in [6, 6.07) is 2.13. The van der Waals surface area contributed by atoms with Crippen molar-refractivity contribution in [2.75, 3.05) is 20.3 Å². The molecule has 1 unspecified atom stereocenters. The van der Waals surface area contributed by atoms with Crippen molar-refractivity contribution in [1.29, 1.82) is 0 Å². The normalized spacial score (nSPS) is 17.3. The molecule has 0 N–H and O–H groups in total. The van der Waals surface area contributed by atoms with Gasteiger partial charge in [-0.15, -0.1) is 5.10 Å². The number of methoxy groups -OCH3 is 1. The number of thioether (sulfide) groups is 1. The van der Waals surface area contributed by atoms with Crippen molar-refractivity contribution in [2.45, 2.75) is 29.3 Å². The first-order chi connectivity index (χ1) is 10.8. The molecule has 0 bridgehead atoms. The van der Waals surface area contributed by atoms with Crippen LogP contribution in [0.5, 0.6) is 0 Å². The summed E-state index contributed by atoms with van der Waals surface area (Å²) in [5, 5.41) is 16.0. The highest BCUT2D eigenvalue weighted by molar-refractivity contribution is 8.00. The second-order valence-electron chi connectivity index (χ2n) is 4.83. The number of carbonyl (C=O) groups excluding carboxylic acids is 1. The summed E-state index contributed by atoms with van der Waals surface area (Å²) in [5.74, 6) is -0.301. The molecule has 3 rings (SSSR count). The van der Waals surface area contributed by atoms with Crippen LogP contribution in [0, 0.1) is 0 Å². The fraction of sp³-hybridized carbons (Fsp3) is 0.538. The van der Waals surface area contributed by atoms with Crippen molar-refractivity contribution in [1.82, 2.24) is 20.2 Å². The van der Waals surface area contributed by atoms with Gasteiger partial charge in [0.05, 0.1) is 13.2 Å². The fourth-order valence-electron chi connectivity index (χ4n) is 2.31. The number of thiophene rings is 1. The number of rotatable bonds is 5. The zero-order valence-corrected chi connectivity index (χ0v) is 13.7. The predicted molar refractivity (Wildman–Crippen MR) is 81.8 cm³/mol. The van der Waals surface area contributed by atoms with Gasteiger partial charge >= 0.3 is 5.97 Å². The van der Waals surface area contributed by atoms with Gasteiger partial charge in [-0.25, -0.2) is 4.68 Å². The molecule has 1 fully saturated rings. The van der Waals surface area contributed by atoms with Gasteiger partial charge in [0.15, 0.2) is 0 Å². The summed E-state index contributed by atoms with van der Waals surface area (Å²) in [6.45, 7) is 1.42. The molecule has 0 radical (unpaired) electrons. The van der Waals surface area contributed by atoms with Crippen LogP contribution in [0.1, 0.15) is 29.7 Å². The first kappa shape index (κ1) is 15.4. The van der Waals surface area contributed by atoms with E-state index < -0.39 is 5.25 Å². The highest BCUT2D eigenvalue weighted by Crippen LogP contribution is 2.37. The van der Waals surface area contributed by atoms with E-state index in [1.807, 2.05) is 16.8 Å². The minimum absolute atomic E-state index is 0.215. The van der Waals surface area contributed by atoms with E-state index in [9.17, 15) is 4.79 Å². The number of hydrogen-bond donors (Lipinski definition) is 0. The van der Waals surface area contributed by atoms with Crippen LogP contribution in [0.15, 0.2) is 22.0 Å². The van der Waals surface area contributed by atoms with Crippen molar-refractivity contribution in [3.8, 4) is 0 Å². The molecule has 2 aromatic heterocycles. The van der Waals surface area contributed by atoms with E-state index in [0.717, 1.165) is 18.4 Å². The number of tetrazole rings is 1. The van der Waals surface area contributed by atoms with Crippen LogP contribution in [0.4, 0.5) is 0 Å². The van der Waals surface area contributed by atoms with Gasteiger partial charge < -0.3 is 9.47 Å². The summed E-state index contributed by atoms with van der Waals surface area (Å²) in [4.78, 5) is 12.1. The van der Waals surface area contributed by atoms with Gasteiger partial charge in [-0.3, -0.25) is 4.79 Å². The lowest BCUT2D eigenvalue weighted by molar-refractivity contribution is -0.140. The first-order valence-corrected chi connectivity index (χ1v) is 8.74. The van der Waals surface area contributed by atoms with Crippen molar-refractivity contribution >= 4 is 29.1 Å². The second-order valence-corrected chi connectivity index (χ2v) is 6.68. The zero-order valence-electron chi connectivity index (χ0n) is 12.0. The number of esters is 1. The van der Waals surface area contributed by atoms with Crippen LogP contribution in [-0.2, 0) is 14.3 Å². The fourth-order valence-corrected chi connectivity index (χ4v) is 4.15. The standard InChI is InChI=1S/C13H16N4O3S2/c1-19-12(18)11(9-4-7-21-8-9)22-13-14-15-16-17(13)10-2-5-20-6-3-10/h4,7-8,10-11H,2-3,5-6H2,1H3. The Hall–Kier alpha value is -1.45. The molecular formula is C13H16N4O3S2. The largest absolute Gasteiger partial charge is 0.468 e. The highest BCUT2D eigenvalue weighted by atomic mass is 32.2. The van der Waals surface area contributed by atoms with Crippen LogP contribution in [0.25, 0.3) is 0 Å². The van der Waals surface area contributed by atoms with Gasteiger partial charge in [-0.1, -0.05) is 11.8 Å². The van der Waals surface area contributed by atoms with Crippen LogP contribution >= 0.6 is 23.1 Å². The molecule has 2 aromatic rings. The Kier molecular flexibility index (Phi) is 5.06. The maximum Gasteiger partial charge on any atom is 0.323 e. The Morgan fingerprint density at radius 1 is 1.55 bits per heavy atom. The van der Waals surface area contributed by atoms with E-state index in [-0.39, 0.29) is 12.0 Å². The molecule has 1 saturated heterocycles. The van der Waals surface area contributed by atoms with E-state index in [4.69, 9.17) is 9.47 Å². The van der Waals surface area contributed by atoms with Crippen LogP contribution < -0.4 is 0 Å². The molecule has 0 aromatic carbocycles.